The van der Waals surface area contributed by atoms with Crippen LogP contribution in [0.3, 0.4) is 0 Å². The van der Waals surface area contributed by atoms with Crippen LogP contribution in [0, 0.1) is 0 Å². The van der Waals surface area contributed by atoms with Crippen molar-refractivity contribution in [2.24, 2.45) is 0 Å². The Hall–Kier alpha value is -2.21. The third-order valence-corrected chi connectivity index (χ3v) is 4.10. The molecule has 6 heteroatoms. The molecule has 134 valence electrons. The van der Waals surface area contributed by atoms with Gasteiger partial charge in [-0.15, -0.1) is 0 Å². The maximum atomic E-state index is 11.7. The molecule has 0 heterocycles. The van der Waals surface area contributed by atoms with Gasteiger partial charge >= 0.3 is 6.09 Å². The van der Waals surface area contributed by atoms with Crippen LogP contribution in [0.5, 0.6) is 11.5 Å². The zero-order chi connectivity index (χ0) is 18.1. The maximum Gasteiger partial charge on any atom is 0.407 e. The summed E-state index contributed by atoms with van der Waals surface area (Å²) in [6.07, 6.45) is 0.929. The summed E-state index contributed by atoms with van der Waals surface area (Å²) in [6.45, 7) is 0.821. The number of carbonyl (C=O) groups is 1. The molecule has 0 bridgehead atoms. The third-order valence-electron chi connectivity index (χ3n) is 3.61. The van der Waals surface area contributed by atoms with Crippen LogP contribution >= 0.6 is 15.9 Å². The molecular formula is C19H22BrNO4. The maximum absolute atomic E-state index is 11.7. The number of methoxy groups -OCH3 is 2. The molecule has 25 heavy (non-hydrogen) atoms. The molecule has 0 aliphatic carbocycles. The highest BCUT2D eigenvalue weighted by atomic mass is 79.9. The van der Waals surface area contributed by atoms with Gasteiger partial charge in [0.05, 0.1) is 20.8 Å². The van der Waals surface area contributed by atoms with Crippen LogP contribution in [0.1, 0.15) is 11.1 Å². The van der Waals surface area contributed by atoms with Gasteiger partial charge in [0.25, 0.3) is 0 Å². The Morgan fingerprint density at radius 2 is 1.72 bits per heavy atom. The van der Waals surface area contributed by atoms with Crippen LogP contribution in [0.4, 0.5) is 4.79 Å². The van der Waals surface area contributed by atoms with Gasteiger partial charge in [0.1, 0.15) is 11.5 Å². The van der Waals surface area contributed by atoms with E-state index >= 15 is 0 Å². The fraction of sp³-hybridized carbons (Fsp3) is 0.316. The monoisotopic (exact) mass is 407 g/mol. The van der Waals surface area contributed by atoms with Crippen LogP contribution in [0.2, 0.25) is 0 Å². The van der Waals surface area contributed by atoms with E-state index in [2.05, 4.69) is 21.2 Å². The van der Waals surface area contributed by atoms with Crippen molar-refractivity contribution in [3.63, 3.8) is 0 Å². The number of rotatable bonds is 8. The predicted molar refractivity (Wildman–Crippen MR) is 100 cm³/mol. The summed E-state index contributed by atoms with van der Waals surface area (Å²) in [6, 6.07) is 13.6. The molecule has 2 aromatic carbocycles. The van der Waals surface area contributed by atoms with Crippen molar-refractivity contribution in [2.45, 2.75) is 12.8 Å². The van der Waals surface area contributed by atoms with Crippen molar-refractivity contribution < 1.29 is 19.0 Å². The lowest BCUT2D eigenvalue weighted by Gasteiger charge is -2.10. The van der Waals surface area contributed by atoms with E-state index < -0.39 is 6.09 Å². The lowest BCUT2D eigenvalue weighted by atomic mass is 10.1. The number of ether oxygens (including phenoxy) is 3. The predicted octanol–water partition coefficient (Wildman–Crippen LogP) is 3.98. The Balaban J connectivity index is 1.71. The fourth-order valence-corrected chi connectivity index (χ4v) is 2.77. The molecular weight excluding hydrogens is 386 g/mol. The lowest BCUT2D eigenvalue weighted by molar-refractivity contribution is 0.147. The van der Waals surface area contributed by atoms with E-state index in [0.29, 0.717) is 26.0 Å². The highest BCUT2D eigenvalue weighted by Gasteiger charge is 2.05. The highest BCUT2D eigenvalue weighted by Crippen LogP contribution is 2.22. The molecule has 1 N–H and O–H groups in total. The lowest BCUT2D eigenvalue weighted by Crippen LogP contribution is -2.27. The number of hydrogen-bond acceptors (Lipinski definition) is 4. The van der Waals surface area contributed by atoms with E-state index in [1.807, 2.05) is 42.5 Å². The quantitative estimate of drug-likeness (QED) is 0.718. The van der Waals surface area contributed by atoms with Gasteiger partial charge in [-0.3, -0.25) is 0 Å². The minimum atomic E-state index is -0.412. The summed E-state index contributed by atoms with van der Waals surface area (Å²) in [4.78, 5) is 11.7. The van der Waals surface area contributed by atoms with Crippen LogP contribution < -0.4 is 14.8 Å². The SMILES string of the molecule is COc1cc(CCNC(=O)OCCc2cccc(Br)c2)cc(OC)c1. The highest BCUT2D eigenvalue weighted by molar-refractivity contribution is 9.10. The van der Waals surface area contributed by atoms with E-state index in [0.717, 1.165) is 27.1 Å². The Labute approximate surface area is 156 Å². The molecule has 0 aliphatic rings. The first-order valence-corrected chi connectivity index (χ1v) is 8.77. The number of nitrogens with one attached hydrogen (secondary N) is 1. The van der Waals surface area contributed by atoms with Crippen molar-refractivity contribution in [3.8, 4) is 11.5 Å². The number of carbonyl (C=O) groups excluding carboxylic acids is 1. The molecule has 0 fully saturated rings. The largest absolute Gasteiger partial charge is 0.497 e. The van der Waals surface area contributed by atoms with E-state index in [4.69, 9.17) is 14.2 Å². The summed E-state index contributed by atoms with van der Waals surface area (Å²) < 4.78 is 16.7. The van der Waals surface area contributed by atoms with Crippen molar-refractivity contribution in [3.05, 3.63) is 58.1 Å². The van der Waals surface area contributed by atoms with Crippen molar-refractivity contribution in [1.82, 2.24) is 5.32 Å². The molecule has 0 unspecified atom stereocenters. The Morgan fingerprint density at radius 3 is 2.36 bits per heavy atom. The van der Waals surface area contributed by atoms with Crippen molar-refractivity contribution in [2.75, 3.05) is 27.4 Å². The van der Waals surface area contributed by atoms with Gasteiger partial charge in [-0.1, -0.05) is 28.1 Å². The molecule has 0 saturated heterocycles. The number of benzene rings is 2. The van der Waals surface area contributed by atoms with Gasteiger partial charge in [0.2, 0.25) is 0 Å². The second kappa shape index (κ2) is 9.93. The molecule has 1 amide bonds. The van der Waals surface area contributed by atoms with E-state index in [-0.39, 0.29) is 0 Å². The second-order valence-corrected chi connectivity index (χ2v) is 6.33. The summed E-state index contributed by atoms with van der Waals surface area (Å²) in [7, 11) is 3.22. The topological polar surface area (TPSA) is 56.8 Å². The molecule has 0 aliphatic heterocycles. The Morgan fingerprint density at radius 1 is 1.00 bits per heavy atom. The average molecular weight is 408 g/mol. The minimum absolute atomic E-state index is 0.343. The van der Waals surface area contributed by atoms with E-state index in [9.17, 15) is 4.79 Å². The summed E-state index contributed by atoms with van der Waals surface area (Å²) >= 11 is 3.42. The number of amides is 1. The van der Waals surface area contributed by atoms with Gasteiger partial charge in [-0.2, -0.15) is 0 Å². The van der Waals surface area contributed by atoms with Crippen LogP contribution in [0.25, 0.3) is 0 Å². The minimum Gasteiger partial charge on any atom is -0.497 e. The summed E-state index contributed by atoms with van der Waals surface area (Å²) in [5.74, 6) is 1.46. The van der Waals surface area contributed by atoms with Crippen molar-refractivity contribution >= 4 is 22.0 Å². The first-order valence-electron chi connectivity index (χ1n) is 7.97. The Bertz CT molecular complexity index is 683. The second-order valence-electron chi connectivity index (χ2n) is 5.41. The third kappa shape index (κ3) is 6.66. The fourth-order valence-electron chi connectivity index (χ4n) is 2.32. The van der Waals surface area contributed by atoms with Crippen LogP contribution in [-0.2, 0) is 17.6 Å². The normalized spacial score (nSPS) is 10.2. The van der Waals surface area contributed by atoms with Gasteiger partial charge in [-0.25, -0.2) is 4.79 Å². The smallest absolute Gasteiger partial charge is 0.407 e. The molecule has 0 saturated carbocycles. The molecule has 0 aromatic heterocycles. The van der Waals surface area contributed by atoms with Gasteiger partial charge in [0.15, 0.2) is 0 Å². The molecule has 2 rings (SSSR count). The Kier molecular flexibility index (Phi) is 7.60. The molecule has 0 atom stereocenters. The first kappa shape index (κ1) is 19.1. The molecule has 0 radical (unpaired) electrons. The van der Waals surface area contributed by atoms with Crippen LogP contribution in [0.15, 0.2) is 46.9 Å². The average Bonchev–Trinajstić information content (AvgIpc) is 2.61. The van der Waals surface area contributed by atoms with E-state index in [1.165, 1.54) is 0 Å². The zero-order valence-corrected chi connectivity index (χ0v) is 16.0. The van der Waals surface area contributed by atoms with Crippen LogP contribution in [-0.4, -0.2) is 33.5 Å². The standard InChI is InChI=1S/C19H22BrNO4/c1-23-17-11-15(12-18(13-17)24-2)6-8-21-19(22)25-9-7-14-4-3-5-16(20)10-14/h3-5,10-13H,6-9H2,1-2H3,(H,21,22). The first-order chi connectivity index (χ1) is 12.1. The molecule has 0 spiro atoms. The van der Waals surface area contributed by atoms with Gasteiger partial charge in [0, 0.05) is 23.5 Å². The number of hydrogen-bond donors (Lipinski definition) is 1. The summed E-state index contributed by atoms with van der Waals surface area (Å²) in [5.41, 5.74) is 2.14. The molecule has 2 aromatic rings. The van der Waals surface area contributed by atoms with Gasteiger partial charge < -0.3 is 19.5 Å². The van der Waals surface area contributed by atoms with Gasteiger partial charge in [-0.05, 0) is 41.8 Å². The van der Waals surface area contributed by atoms with E-state index in [1.54, 1.807) is 14.2 Å². The zero-order valence-electron chi connectivity index (χ0n) is 14.4. The van der Waals surface area contributed by atoms with Crippen molar-refractivity contribution in [1.29, 1.82) is 0 Å². The number of alkyl carbamates (subject to hydrolysis) is 1. The number of halogens is 1. The summed E-state index contributed by atoms with van der Waals surface area (Å²) in [5, 5.41) is 2.75. The molecule has 5 nitrogen and oxygen atoms in total.